The summed E-state index contributed by atoms with van der Waals surface area (Å²) in [7, 11) is 0. The van der Waals surface area contributed by atoms with Gasteiger partial charge in [0.15, 0.2) is 5.75 Å². The molecular formula is C16H22N2O2. The number of allylic oxidation sites excluding steroid dienone is 1. The van der Waals surface area contributed by atoms with E-state index in [0.717, 1.165) is 6.42 Å². The third-order valence-electron chi connectivity index (χ3n) is 3.45. The lowest BCUT2D eigenvalue weighted by atomic mass is 10.1. The van der Waals surface area contributed by atoms with Gasteiger partial charge in [-0.1, -0.05) is 17.7 Å². The number of hydrogen-bond donors (Lipinski definition) is 2. The van der Waals surface area contributed by atoms with Crippen LogP contribution in [0.3, 0.4) is 0 Å². The summed E-state index contributed by atoms with van der Waals surface area (Å²) >= 11 is 0. The minimum absolute atomic E-state index is 0.126. The minimum Gasteiger partial charge on any atom is -0.491 e. The first-order valence-electron chi connectivity index (χ1n) is 7.19. The van der Waals surface area contributed by atoms with Crippen molar-refractivity contribution in [3.8, 4) is 5.75 Å². The molecule has 0 heterocycles. The van der Waals surface area contributed by atoms with E-state index < -0.39 is 0 Å². The molecule has 0 aromatic heterocycles. The summed E-state index contributed by atoms with van der Waals surface area (Å²) in [6, 6.07) is 5.25. The molecule has 0 aliphatic heterocycles. The summed E-state index contributed by atoms with van der Waals surface area (Å²) in [5.74, 6) is 0.354. The number of hydrogen-bond acceptors (Lipinski definition) is 3. The Kier molecular flexibility index (Phi) is 5.04. The van der Waals surface area contributed by atoms with E-state index in [1.807, 2.05) is 6.92 Å². The molecule has 1 aromatic rings. The maximum Gasteiger partial charge on any atom is 0.255 e. The van der Waals surface area contributed by atoms with Gasteiger partial charge in [0.1, 0.15) is 0 Å². The van der Waals surface area contributed by atoms with Gasteiger partial charge < -0.3 is 15.8 Å². The Bertz CT molecular complexity index is 509. The monoisotopic (exact) mass is 274 g/mol. The van der Waals surface area contributed by atoms with Crippen LogP contribution >= 0.6 is 0 Å². The molecule has 1 aliphatic carbocycles. The molecule has 1 aliphatic rings. The molecule has 0 atom stereocenters. The number of carbonyl (C=O) groups is 1. The van der Waals surface area contributed by atoms with Gasteiger partial charge in [0.05, 0.1) is 17.9 Å². The Balaban J connectivity index is 1.96. The SMILES string of the molecule is CCOc1c(N)cccc1C(=O)NCCC1=CCCC1. The maximum absolute atomic E-state index is 12.2. The normalized spacial score (nSPS) is 13.9. The topological polar surface area (TPSA) is 64.3 Å². The lowest BCUT2D eigenvalue weighted by molar-refractivity contribution is 0.0950. The third-order valence-corrected chi connectivity index (χ3v) is 3.45. The van der Waals surface area contributed by atoms with E-state index in [4.69, 9.17) is 10.5 Å². The molecule has 2 rings (SSSR count). The number of benzene rings is 1. The predicted octanol–water partition coefficient (Wildman–Crippen LogP) is 2.90. The van der Waals surface area contributed by atoms with Crippen LogP contribution in [0.4, 0.5) is 5.69 Å². The molecule has 0 fully saturated rings. The van der Waals surface area contributed by atoms with Crippen molar-refractivity contribution in [2.24, 2.45) is 0 Å². The highest BCUT2D eigenvalue weighted by Crippen LogP contribution is 2.26. The fraction of sp³-hybridized carbons (Fsp3) is 0.438. The summed E-state index contributed by atoms with van der Waals surface area (Å²) in [6.45, 7) is 3.02. The van der Waals surface area contributed by atoms with Crippen LogP contribution in [0.25, 0.3) is 0 Å². The molecule has 1 amide bonds. The van der Waals surface area contributed by atoms with E-state index in [2.05, 4.69) is 11.4 Å². The molecule has 0 unspecified atom stereocenters. The molecule has 1 aromatic carbocycles. The van der Waals surface area contributed by atoms with E-state index in [1.165, 1.54) is 24.8 Å². The van der Waals surface area contributed by atoms with Crippen LogP contribution in [-0.4, -0.2) is 19.1 Å². The first-order valence-corrected chi connectivity index (χ1v) is 7.19. The first kappa shape index (κ1) is 14.4. The van der Waals surface area contributed by atoms with Crippen molar-refractivity contribution in [1.29, 1.82) is 0 Å². The molecule has 20 heavy (non-hydrogen) atoms. The molecule has 108 valence electrons. The number of nitrogen functional groups attached to an aromatic ring is 1. The van der Waals surface area contributed by atoms with Crippen molar-refractivity contribution in [3.63, 3.8) is 0 Å². The van der Waals surface area contributed by atoms with Gasteiger partial charge in [-0.25, -0.2) is 0 Å². The fourth-order valence-corrected chi connectivity index (χ4v) is 2.44. The molecule has 3 N–H and O–H groups in total. The van der Waals surface area contributed by atoms with Gasteiger partial charge in [-0.2, -0.15) is 0 Å². The van der Waals surface area contributed by atoms with E-state index in [1.54, 1.807) is 18.2 Å². The smallest absolute Gasteiger partial charge is 0.255 e. The average Bonchev–Trinajstić information content (AvgIpc) is 2.94. The zero-order valence-corrected chi connectivity index (χ0v) is 11.9. The van der Waals surface area contributed by atoms with Crippen LogP contribution in [-0.2, 0) is 0 Å². The van der Waals surface area contributed by atoms with Crippen LogP contribution in [0.1, 0.15) is 43.0 Å². The van der Waals surface area contributed by atoms with Gasteiger partial charge in [0.25, 0.3) is 5.91 Å². The minimum atomic E-state index is -0.126. The van der Waals surface area contributed by atoms with E-state index >= 15 is 0 Å². The molecule has 0 bridgehead atoms. The maximum atomic E-state index is 12.2. The second kappa shape index (κ2) is 6.98. The number of anilines is 1. The molecule has 4 nitrogen and oxygen atoms in total. The van der Waals surface area contributed by atoms with E-state index in [-0.39, 0.29) is 5.91 Å². The van der Waals surface area contributed by atoms with Crippen LogP contribution in [0.2, 0.25) is 0 Å². The first-order chi connectivity index (χ1) is 9.72. The predicted molar refractivity (Wildman–Crippen MR) is 80.9 cm³/mol. The summed E-state index contributed by atoms with van der Waals surface area (Å²) < 4.78 is 5.47. The van der Waals surface area contributed by atoms with Crippen LogP contribution < -0.4 is 15.8 Å². The van der Waals surface area contributed by atoms with E-state index in [9.17, 15) is 4.79 Å². The summed E-state index contributed by atoms with van der Waals surface area (Å²) in [6.07, 6.45) is 6.79. The molecule has 0 spiro atoms. The highest BCUT2D eigenvalue weighted by Gasteiger charge is 2.14. The van der Waals surface area contributed by atoms with Gasteiger partial charge in [0, 0.05) is 6.54 Å². The molecule has 0 saturated heterocycles. The fourth-order valence-electron chi connectivity index (χ4n) is 2.44. The quantitative estimate of drug-likeness (QED) is 0.619. The number of nitrogens with one attached hydrogen (secondary N) is 1. The Morgan fingerprint density at radius 3 is 3.00 bits per heavy atom. The molecule has 0 radical (unpaired) electrons. The van der Waals surface area contributed by atoms with Gasteiger partial charge in [-0.15, -0.1) is 0 Å². The van der Waals surface area contributed by atoms with Crippen molar-refractivity contribution < 1.29 is 9.53 Å². The highest BCUT2D eigenvalue weighted by atomic mass is 16.5. The summed E-state index contributed by atoms with van der Waals surface area (Å²) in [5.41, 5.74) is 8.31. The zero-order valence-electron chi connectivity index (χ0n) is 11.9. The van der Waals surface area contributed by atoms with E-state index in [0.29, 0.717) is 30.2 Å². The van der Waals surface area contributed by atoms with Crippen LogP contribution in [0.5, 0.6) is 5.75 Å². The van der Waals surface area contributed by atoms with Gasteiger partial charge in [-0.05, 0) is 44.7 Å². The van der Waals surface area contributed by atoms with Gasteiger partial charge in [-0.3, -0.25) is 4.79 Å². The molecule has 4 heteroatoms. The van der Waals surface area contributed by atoms with Crippen molar-refractivity contribution in [2.75, 3.05) is 18.9 Å². The number of rotatable bonds is 6. The summed E-state index contributed by atoms with van der Waals surface area (Å²) in [5, 5.41) is 2.94. The Morgan fingerprint density at radius 1 is 1.45 bits per heavy atom. The zero-order chi connectivity index (χ0) is 14.4. The summed E-state index contributed by atoms with van der Waals surface area (Å²) in [4.78, 5) is 12.2. The Morgan fingerprint density at radius 2 is 2.30 bits per heavy atom. The Hall–Kier alpha value is -1.97. The second-order valence-corrected chi connectivity index (χ2v) is 4.92. The van der Waals surface area contributed by atoms with Gasteiger partial charge >= 0.3 is 0 Å². The second-order valence-electron chi connectivity index (χ2n) is 4.92. The highest BCUT2D eigenvalue weighted by molar-refractivity contribution is 5.98. The van der Waals surface area contributed by atoms with Crippen molar-refractivity contribution in [2.45, 2.75) is 32.6 Å². The Labute approximate surface area is 120 Å². The van der Waals surface area contributed by atoms with Crippen molar-refractivity contribution >= 4 is 11.6 Å². The standard InChI is InChI=1S/C16H22N2O2/c1-2-20-15-13(8-5-9-14(15)17)16(19)18-11-10-12-6-3-4-7-12/h5-6,8-9H,2-4,7,10-11,17H2,1H3,(H,18,19). The molecular weight excluding hydrogens is 252 g/mol. The lowest BCUT2D eigenvalue weighted by Gasteiger charge is -2.12. The number of nitrogens with two attached hydrogens (primary N) is 1. The number of carbonyl (C=O) groups excluding carboxylic acids is 1. The van der Waals surface area contributed by atoms with Crippen LogP contribution in [0.15, 0.2) is 29.8 Å². The number of para-hydroxylation sites is 1. The number of amides is 1. The van der Waals surface area contributed by atoms with Crippen molar-refractivity contribution in [1.82, 2.24) is 5.32 Å². The largest absolute Gasteiger partial charge is 0.491 e. The number of ether oxygens (including phenoxy) is 1. The van der Waals surface area contributed by atoms with Gasteiger partial charge in [0.2, 0.25) is 0 Å². The third kappa shape index (κ3) is 3.53. The average molecular weight is 274 g/mol. The lowest BCUT2D eigenvalue weighted by Crippen LogP contribution is -2.25. The molecule has 0 saturated carbocycles. The van der Waals surface area contributed by atoms with Crippen molar-refractivity contribution in [3.05, 3.63) is 35.4 Å². The van der Waals surface area contributed by atoms with Crippen LogP contribution in [0, 0.1) is 0 Å².